The van der Waals surface area contributed by atoms with Gasteiger partial charge in [-0.3, -0.25) is 9.78 Å². The Morgan fingerprint density at radius 2 is 2.00 bits per heavy atom. The summed E-state index contributed by atoms with van der Waals surface area (Å²) in [7, 11) is 0. The Kier molecular flexibility index (Phi) is 8.21. The van der Waals surface area contributed by atoms with Gasteiger partial charge in [-0.2, -0.15) is 0 Å². The highest BCUT2D eigenvalue weighted by Gasteiger charge is 2.27. The maximum Gasteiger partial charge on any atom is 0.410 e. The van der Waals surface area contributed by atoms with Crippen LogP contribution < -0.4 is 10.6 Å². The second kappa shape index (κ2) is 11.4. The molecule has 2 amide bonds. The van der Waals surface area contributed by atoms with Gasteiger partial charge < -0.3 is 20.3 Å². The van der Waals surface area contributed by atoms with E-state index in [4.69, 9.17) is 4.74 Å². The molecule has 0 unspecified atom stereocenters. The number of nitrogens with zero attached hydrogens (tertiary/aromatic N) is 4. The van der Waals surface area contributed by atoms with E-state index in [0.717, 1.165) is 25.5 Å². The molecule has 1 aliphatic rings. The zero-order chi connectivity index (χ0) is 26.6. The summed E-state index contributed by atoms with van der Waals surface area (Å²) in [5.74, 6) is 0.0338. The molecule has 9 nitrogen and oxygen atoms in total. The van der Waals surface area contributed by atoms with Gasteiger partial charge >= 0.3 is 6.09 Å². The molecule has 1 saturated heterocycles. The van der Waals surface area contributed by atoms with Crippen molar-refractivity contribution in [2.24, 2.45) is 5.92 Å². The number of carbonyl (C=O) groups excluding carboxylic acids is 2. The standard InChI is InChI=1S/C26H33FN6O3S/c1-16(18-13-19(27)15-28-14-18)30-24-31-20-8-12-37-22(20)21(32-24)23(34)29-9-5-17-6-10-33(11-7-17)25(35)36-26(2,3)4/h8,12-17H,5-7,9-11H2,1-4H3,(H,29,34)(H,30,31,32)/t16-/m0/s1. The molecule has 3 aromatic heterocycles. The SMILES string of the molecule is C[C@H](Nc1nc(C(=O)NCCC2CCN(C(=O)OC(C)(C)C)CC2)c2sccc2n1)c1cncc(F)c1. The number of rotatable bonds is 7. The first-order chi connectivity index (χ1) is 17.6. The summed E-state index contributed by atoms with van der Waals surface area (Å²) in [4.78, 5) is 40.0. The number of likely N-dealkylation sites (tertiary alicyclic amines) is 1. The van der Waals surface area contributed by atoms with Crippen molar-refractivity contribution in [2.45, 2.75) is 58.6 Å². The molecule has 3 aromatic rings. The van der Waals surface area contributed by atoms with Crippen LogP contribution in [0.2, 0.25) is 0 Å². The van der Waals surface area contributed by atoms with E-state index in [2.05, 4.69) is 25.6 Å². The largest absolute Gasteiger partial charge is 0.444 e. The number of halogens is 1. The molecule has 0 radical (unpaired) electrons. The topological polar surface area (TPSA) is 109 Å². The van der Waals surface area contributed by atoms with E-state index < -0.39 is 11.4 Å². The molecule has 0 spiro atoms. The minimum atomic E-state index is -0.503. The zero-order valence-electron chi connectivity index (χ0n) is 21.6. The van der Waals surface area contributed by atoms with Crippen molar-refractivity contribution in [1.82, 2.24) is 25.2 Å². The van der Waals surface area contributed by atoms with Gasteiger partial charge in [0.25, 0.3) is 5.91 Å². The Labute approximate surface area is 219 Å². The van der Waals surface area contributed by atoms with Gasteiger partial charge in [0.2, 0.25) is 5.95 Å². The lowest BCUT2D eigenvalue weighted by molar-refractivity contribution is 0.0181. The Hall–Kier alpha value is -3.34. The molecule has 198 valence electrons. The van der Waals surface area contributed by atoms with E-state index in [0.29, 0.717) is 53.0 Å². The van der Waals surface area contributed by atoms with Gasteiger partial charge in [-0.05, 0) is 76.0 Å². The van der Waals surface area contributed by atoms with Crippen LogP contribution in [0, 0.1) is 11.7 Å². The average Bonchev–Trinajstić information content (AvgIpc) is 3.31. The van der Waals surface area contributed by atoms with Crippen LogP contribution in [0.3, 0.4) is 0 Å². The number of fused-ring (bicyclic) bond motifs is 1. The van der Waals surface area contributed by atoms with E-state index in [-0.39, 0.29) is 18.0 Å². The fourth-order valence-corrected chi connectivity index (χ4v) is 5.05. The summed E-state index contributed by atoms with van der Waals surface area (Å²) >= 11 is 1.41. The highest BCUT2D eigenvalue weighted by molar-refractivity contribution is 7.17. The molecular weight excluding hydrogens is 495 g/mol. The maximum atomic E-state index is 13.6. The van der Waals surface area contributed by atoms with Gasteiger partial charge in [-0.15, -0.1) is 11.3 Å². The number of anilines is 1. The fraction of sp³-hybridized carbons (Fsp3) is 0.500. The second-order valence-corrected chi connectivity index (χ2v) is 11.2. The van der Waals surface area contributed by atoms with Crippen molar-refractivity contribution in [1.29, 1.82) is 0 Å². The molecule has 1 fully saturated rings. The number of amides is 2. The van der Waals surface area contributed by atoms with Crippen molar-refractivity contribution >= 4 is 39.5 Å². The molecule has 1 aliphatic heterocycles. The number of nitrogens with one attached hydrogen (secondary N) is 2. The first-order valence-corrected chi connectivity index (χ1v) is 13.4. The van der Waals surface area contributed by atoms with E-state index in [1.165, 1.54) is 17.4 Å². The smallest absolute Gasteiger partial charge is 0.410 e. The molecule has 4 heterocycles. The van der Waals surface area contributed by atoms with Crippen molar-refractivity contribution in [2.75, 3.05) is 25.0 Å². The number of hydrogen-bond donors (Lipinski definition) is 2. The zero-order valence-corrected chi connectivity index (χ0v) is 22.4. The summed E-state index contributed by atoms with van der Waals surface area (Å²) in [6.45, 7) is 9.27. The van der Waals surface area contributed by atoms with Crippen molar-refractivity contribution in [3.8, 4) is 0 Å². The number of thiophene rings is 1. The lowest BCUT2D eigenvalue weighted by atomic mass is 9.94. The monoisotopic (exact) mass is 528 g/mol. The van der Waals surface area contributed by atoms with Crippen LogP contribution in [0.5, 0.6) is 0 Å². The molecule has 37 heavy (non-hydrogen) atoms. The van der Waals surface area contributed by atoms with Crippen LogP contribution in [-0.2, 0) is 4.74 Å². The van der Waals surface area contributed by atoms with E-state index in [1.54, 1.807) is 11.1 Å². The summed E-state index contributed by atoms with van der Waals surface area (Å²) in [6, 6.07) is 2.94. The molecule has 4 rings (SSSR count). The first-order valence-electron chi connectivity index (χ1n) is 12.5. The van der Waals surface area contributed by atoms with Crippen LogP contribution in [-0.4, -0.2) is 57.1 Å². The van der Waals surface area contributed by atoms with Crippen molar-refractivity contribution < 1.29 is 18.7 Å². The quantitative estimate of drug-likeness (QED) is 0.436. The van der Waals surface area contributed by atoms with Crippen LogP contribution in [0.25, 0.3) is 10.2 Å². The Morgan fingerprint density at radius 1 is 1.24 bits per heavy atom. The molecule has 0 aromatic carbocycles. The van der Waals surface area contributed by atoms with Gasteiger partial charge in [0, 0.05) is 25.8 Å². The van der Waals surface area contributed by atoms with E-state index >= 15 is 0 Å². The minimum absolute atomic E-state index is 0.260. The molecule has 2 N–H and O–H groups in total. The Bertz CT molecular complexity index is 1250. The molecular formula is C26H33FN6O3S. The van der Waals surface area contributed by atoms with Gasteiger partial charge in [0.15, 0.2) is 5.69 Å². The second-order valence-electron chi connectivity index (χ2n) is 10.3. The number of piperidine rings is 1. The predicted octanol–water partition coefficient (Wildman–Crippen LogP) is 5.17. The third kappa shape index (κ3) is 7.12. The molecule has 0 bridgehead atoms. The van der Waals surface area contributed by atoms with Crippen molar-refractivity contribution in [3.05, 3.63) is 47.0 Å². The normalized spacial score (nSPS) is 15.4. The van der Waals surface area contributed by atoms with Crippen molar-refractivity contribution in [3.63, 3.8) is 0 Å². The van der Waals surface area contributed by atoms with Crippen LogP contribution >= 0.6 is 11.3 Å². The highest BCUT2D eigenvalue weighted by Crippen LogP contribution is 2.26. The highest BCUT2D eigenvalue weighted by atomic mass is 32.1. The summed E-state index contributed by atoms with van der Waals surface area (Å²) < 4.78 is 19.8. The number of hydrogen-bond acceptors (Lipinski definition) is 8. The predicted molar refractivity (Wildman–Crippen MR) is 141 cm³/mol. The lowest BCUT2D eigenvalue weighted by Gasteiger charge is -2.33. The Morgan fingerprint density at radius 3 is 2.70 bits per heavy atom. The number of pyridine rings is 1. The lowest BCUT2D eigenvalue weighted by Crippen LogP contribution is -2.42. The summed E-state index contributed by atoms with van der Waals surface area (Å²) in [6.07, 6.45) is 5.03. The van der Waals surface area contributed by atoms with Gasteiger partial charge in [-0.25, -0.2) is 19.2 Å². The summed E-state index contributed by atoms with van der Waals surface area (Å²) in [5, 5.41) is 8.02. The van der Waals surface area contributed by atoms with Crippen LogP contribution in [0.4, 0.5) is 15.1 Å². The minimum Gasteiger partial charge on any atom is -0.444 e. The van der Waals surface area contributed by atoms with Gasteiger partial charge in [-0.1, -0.05) is 0 Å². The van der Waals surface area contributed by atoms with E-state index in [1.807, 2.05) is 39.1 Å². The molecule has 11 heteroatoms. The summed E-state index contributed by atoms with van der Waals surface area (Å²) in [5.41, 5.74) is 1.13. The van der Waals surface area contributed by atoms with Crippen LogP contribution in [0.1, 0.15) is 69.1 Å². The van der Waals surface area contributed by atoms with Gasteiger partial charge in [0.1, 0.15) is 11.4 Å². The third-order valence-corrected chi connectivity index (χ3v) is 7.11. The fourth-order valence-electron chi connectivity index (χ4n) is 4.23. The number of ether oxygens (including phenoxy) is 1. The van der Waals surface area contributed by atoms with E-state index in [9.17, 15) is 14.0 Å². The average molecular weight is 529 g/mol. The van der Waals surface area contributed by atoms with Crippen LogP contribution in [0.15, 0.2) is 29.9 Å². The number of carbonyl (C=O) groups is 2. The first kappa shape index (κ1) is 26.7. The molecule has 0 saturated carbocycles. The molecule has 1 atom stereocenters. The number of aromatic nitrogens is 3. The van der Waals surface area contributed by atoms with Gasteiger partial charge in [0.05, 0.1) is 22.5 Å². The molecule has 0 aliphatic carbocycles. The Balaban J connectivity index is 1.33. The third-order valence-electron chi connectivity index (χ3n) is 6.19. The maximum absolute atomic E-state index is 13.6.